The van der Waals surface area contributed by atoms with Gasteiger partial charge in [0.25, 0.3) is 0 Å². The summed E-state index contributed by atoms with van der Waals surface area (Å²) in [5, 5.41) is 0. The Bertz CT molecular complexity index is 150. The maximum Gasteiger partial charge on any atom is 0.129 e. The van der Waals surface area contributed by atoms with Crippen LogP contribution in [-0.2, 0) is 9.53 Å². The summed E-state index contributed by atoms with van der Waals surface area (Å²) in [4.78, 5) is 10.6. The van der Waals surface area contributed by atoms with Crippen LogP contribution in [0.25, 0.3) is 0 Å². The summed E-state index contributed by atoms with van der Waals surface area (Å²) in [7, 11) is 1.69. The van der Waals surface area contributed by atoms with Crippen molar-refractivity contribution in [1.82, 2.24) is 0 Å². The highest BCUT2D eigenvalue weighted by molar-refractivity contribution is 5.75. The molecule has 0 spiro atoms. The van der Waals surface area contributed by atoms with Crippen LogP contribution in [0.1, 0.15) is 33.1 Å². The Morgan fingerprint density at radius 3 is 2.67 bits per heavy atom. The van der Waals surface area contributed by atoms with Gasteiger partial charge in [0, 0.05) is 13.5 Å². The highest BCUT2D eigenvalue weighted by Crippen LogP contribution is 2.05. The van der Waals surface area contributed by atoms with E-state index >= 15 is 0 Å². The van der Waals surface area contributed by atoms with Crippen LogP contribution in [0.15, 0.2) is 12.2 Å². The average Bonchev–Trinajstić information content (AvgIpc) is 2.02. The first-order valence-electron chi connectivity index (χ1n) is 4.35. The van der Waals surface area contributed by atoms with Gasteiger partial charge in [0.15, 0.2) is 0 Å². The molecule has 0 aromatic carbocycles. The lowest BCUT2D eigenvalue weighted by Crippen LogP contribution is -2.07. The number of hydrogen-bond acceptors (Lipinski definition) is 2. The molecule has 1 atom stereocenters. The van der Waals surface area contributed by atoms with E-state index in [0.717, 1.165) is 12.8 Å². The van der Waals surface area contributed by atoms with Crippen LogP contribution in [0.5, 0.6) is 0 Å². The zero-order valence-corrected chi connectivity index (χ0v) is 8.17. The maximum atomic E-state index is 10.6. The minimum atomic E-state index is 0.175. The largest absolute Gasteiger partial charge is 0.377 e. The van der Waals surface area contributed by atoms with Crippen molar-refractivity contribution in [1.29, 1.82) is 0 Å². The fourth-order valence-electron chi connectivity index (χ4n) is 1.06. The molecule has 0 fully saturated rings. The second-order valence-corrected chi connectivity index (χ2v) is 2.89. The van der Waals surface area contributed by atoms with Crippen molar-refractivity contribution in [3.8, 4) is 0 Å². The minimum Gasteiger partial charge on any atom is -0.377 e. The Hall–Kier alpha value is -0.630. The lowest BCUT2D eigenvalue weighted by molar-refractivity contribution is -0.117. The van der Waals surface area contributed by atoms with Gasteiger partial charge in [0.1, 0.15) is 5.78 Å². The third kappa shape index (κ3) is 6.10. The van der Waals surface area contributed by atoms with Gasteiger partial charge in [0.2, 0.25) is 0 Å². The summed E-state index contributed by atoms with van der Waals surface area (Å²) >= 11 is 0. The van der Waals surface area contributed by atoms with Crippen molar-refractivity contribution in [3.05, 3.63) is 12.2 Å². The van der Waals surface area contributed by atoms with Gasteiger partial charge in [-0.2, -0.15) is 0 Å². The average molecular weight is 170 g/mol. The van der Waals surface area contributed by atoms with Crippen LogP contribution in [0.3, 0.4) is 0 Å². The van der Waals surface area contributed by atoms with Crippen molar-refractivity contribution in [2.24, 2.45) is 0 Å². The molecule has 2 nitrogen and oxygen atoms in total. The number of ketones is 1. The van der Waals surface area contributed by atoms with E-state index in [-0.39, 0.29) is 11.9 Å². The molecule has 0 aliphatic rings. The quantitative estimate of drug-likeness (QED) is 0.572. The highest BCUT2D eigenvalue weighted by atomic mass is 16.5. The summed E-state index contributed by atoms with van der Waals surface area (Å²) in [5.41, 5.74) is 0. The Balaban J connectivity index is 3.51. The second kappa shape index (κ2) is 7.04. The third-order valence-electron chi connectivity index (χ3n) is 1.73. The van der Waals surface area contributed by atoms with Crippen molar-refractivity contribution in [3.63, 3.8) is 0 Å². The monoisotopic (exact) mass is 170 g/mol. The highest BCUT2D eigenvalue weighted by Gasteiger charge is 2.02. The van der Waals surface area contributed by atoms with E-state index in [9.17, 15) is 4.79 Å². The number of rotatable bonds is 6. The Labute approximate surface area is 74.6 Å². The van der Waals surface area contributed by atoms with E-state index < -0.39 is 0 Å². The van der Waals surface area contributed by atoms with Gasteiger partial charge >= 0.3 is 0 Å². The summed E-state index contributed by atoms with van der Waals surface area (Å²) in [6, 6.07) is 0. The number of allylic oxidation sites excluding steroid dienone is 1. The molecular weight excluding hydrogens is 152 g/mol. The van der Waals surface area contributed by atoms with E-state index in [1.54, 1.807) is 14.0 Å². The second-order valence-electron chi connectivity index (χ2n) is 2.89. The Morgan fingerprint density at radius 1 is 1.58 bits per heavy atom. The molecule has 0 saturated heterocycles. The smallest absolute Gasteiger partial charge is 0.129 e. The molecule has 0 heterocycles. The fraction of sp³-hybridized carbons (Fsp3) is 0.700. The van der Waals surface area contributed by atoms with Gasteiger partial charge in [-0.15, -0.1) is 0 Å². The van der Waals surface area contributed by atoms with Crippen molar-refractivity contribution >= 4 is 5.78 Å². The molecule has 0 aromatic rings. The number of ether oxygens (including phenoxy) is 1. The van der Waals surface area contributed by atoms with Crippen molar-refractivity contribution in [2.75, 3.05) is 7.11 Å². The van der Waals surface area contributed by atoms with Crippen LogP contribution in [0, 0.1) is 0 Å². The van der Waals surface area contributed by atoms with Crippen LogP contribution in [0.2, 0.25) is 0 Å². The molecule has 0 rings (SSSR count). The zero-order chi connectivity index (χ0) is 9.40. The Kier molecular flexibility index (Phi) is 6.67. The van der Waals surface area contributed by atoms with Gasteiger partial charge in [-0.3, -0.25) is 0 Å². The first-order chi connectivity index (χ1) is 5.70. The minimum absolute atomic E-state index is 0.175. The molecule has 0 unspecified atom stereocenters. The van der Waals surface area contributed by atoms with Crippen LogP contribution in [0.4, 0.5) is 0 Å². The molecule has 0 aliphatic heterocycles. The number of carbonyl (C=O) groups is 1. The van der Waals surface area contributed by atoms with E-state index in [2.05, 4.69) is 0 Å². The molecule has 0 bridgehead atoms. The number of carbonyl (C=O) groups excluding carboxylic acids is 1. The lowest BCUT2D eigenvalue weighted by Gasteiger charge is -2.08. The molecule has 0 aromatic heterocycles. The maximum absolute atomic E-state index is 10.6. The molecule has 2 heteroatoms. The molecular formula is C10H18O2. The van der Waals surface area contributed by atoms with Crippen molar-refractivity contribution in [2.45, 2.75) is 39.2 Å². The summed E-state index contributed by atoms with van der Waals surface area (Å²) in [5.74, 6) is 0.255. The van der Waals surface area contributed by atoms with Gasteiger partial charge in [-0.1, -0.05) is 12.2 Å². The summed E-state index contributed by atoms with van der Waals surface area (Å²) in [6.45, 7) is 3.59. The third-order valence-corrected chi connectivity index (χ3v) is 1.73. The van der Waals surface area contributed by atoms with Gasteiger partial charge < -0.3 is 9.53 Å². The summed E-state index contributed by atoms with van der Waals surface area (Å²) in [6.07, 6.45) is 6.67. The predicted molar refractivity (Wildman–Crippen MR) is 50.1 cm³/mol. The fourth-order valence-corrected chi connectivity index (χ4v) is 1.06. The normalized spacial score (nSPS) is 13.6. The first-order valence-corrected chi connectivity index (χ1v) is 4.35. The van der Waals surface area contributed by atoms with E-state index in [0.29, 0.717) is 6.42 Å². The Morgan fingerprint density at radius 2 is 2.25 bits per heavy atom. The molecule has 70 valence electrons. The lowest BCUT2D eigenvalue weighted by atomic mass is 10.1. The standard InChI is InChI=1S/C10H18O2/c1-4-6-10(12-3)8-5-7-9(2)11/h4,6,10H,5,7-8H2,1-3H3/b6-4+/t10-/m1/s1. The van der Waals surface area contributed by atoms with Crippen molar-refractivity contribution < 1.29 is 9.53 Å². The molecule has 0 N–H and O–H groups in total. The molecule has 0 radical (unpaired) electrons. The van der Waals surface area contributed by atoms with Crippen LogP contribution in [-0.4, -0.2) is 19.0 Å². The first kappa shape index (κ1) is 11.4. The van der Waals surface area contributed by atoms with Gasteiger partial charge in [0.05, 0.1) is 6.10 Å². The van der Waals surface area contributed by atoms with E-state index in [1.807, 2.05) is 19.1 Å². The van der Waals surface area contributed by atoms with Crippen LogP contribution >= 0.6 is 0 Å². The van der Waals surface area contributed by atoms with E-state index in [4.69, 9.17) is 4.74 Å². The molecule has 12 heavy (non-hydrogen) atoms. The number of hydrogen-bond donors (Lipinski definition) is 0. The topological polar surface area (TPSA) is 26.3 Å². The number of methoxy groups -OCH3 is 1. The van der Waals surface area contributed by atoms with Gasteiger partial charge in [-0.05, 0) is 26.7 Å². The SMILES string of the molecule is C/C=C/[C@H](CCCC(C)=O)OC. The van der Waals surface area contributed by atoms with Crippen LogP contribution < -0.4 is 0 Å². The molecule has 0 amide bonds. The summed E-state index contributed by atoms with van der Waals surface area (Å²) < 4.78 is 5.17. The molecule has 0 saturated carbocycles. The predicted octanol–water partition coefficient (Wildman–Crippen LogP) is 2.34. The van der Waals surface area contributed by atoms with Gasteiger partial charge in [-0.25, -0.2) is 0 Å². The zero-order valence-electron chi connectivity index (χ0n) is 8.17. The van der Waals surface area contributed by atoms with E-state index in [1.165, 1.54) is 0 Å². The number of Topliss-reactive ketones (excluding diaryl/α,β-unsaturated/α-hetero) is 1. The molecule has 0 aliphatic carbocycles.